The van der Waals surface area contributed by atoms with Gasteiger partial charge in [0.1, 0.15) is 17.6 Å². The second-order valence-corrected chi connectivity index (χ2v) is 5.55. The number of imide groups is 1. The summed E-state index contributed by atoms with van der Waals surface area (Å²) in [6.45, 7) is 2.28. The Hall–Kier alpha value is -2.21. The minimum atomic E-state index is -1.25. The Labute approximate surface area is 116 Å². The molecule has 1 aromatic carbocycles. The van der Waals surface area contributed by atoms with Crippen molar-refractivity contribution in [2.45, 2.75) is 13.3 Å². The molecule has 0 fully saturated rings. The van der Waals surface area contributed by atoms with E-state index in [-0.39, 0.29) is 0 Å². The molecule has 0 saturated heterocycles. The molecule has 3 rings (SSSR count). The van der Waals surface area contributed by atoms with Crippen molar-refractivity contribution in [1.29, 1.82) is 0 Å². The highest BCUT2D eigenvalue weighted by atomic mass is 16.3. The van der Waals surface area contributed by atoms with E-state index >= 15 is 0 Å². The van der Waals surface area contributed by atoms with Gasteiger partial charge in [-0.2, -0.15) is 0 Å². The molecule has 2 atom stereocenters. The summed E-state index contributed by atoms with van der Waals surface area (Å²) in [7, 11) is 1.91. The van der Waals surface area contributed by atoms with Gasteiger partial charge in [0.15, 0.2) is 0 Å². The molecule has 3 amide bonds. The van der Waals surface area contributed by atoms with E-state index in [1.807, 2.05) is 32.2 Å². The summed E-state index contributed by atoms with van der Waals surface area (Å²) in [5, 5.41) is 14.3. The van der Waals surface area contributed by atoms with E-state index in [9.17, 15) is 14.7 Å². The molecule has 0 bridgehead atoms. The van der Waals surface area contributed by atoms with Crippen LogP contribution in [0.15, 0.2) is 23.2 Å². The fourth-order valence-corrected chi connectivity index (χ4v) is 3.07. The van der Waals surface area contributed by atoms with Gasteiger partial charge in [0.2, 0.25) is 5.91 Å². The highest BCUT2D eigenvalue weighted by molar-refractivity contribution is 6.16. The zero-order chi connectivity index (χ0) is 14.5. The van der Waals surface area contributed by atoms with Crippen LogP contribution in [0.3, 0.4) is 0 Å². The average Bonchev–Trinajstić information content (AvgIpc) is 2.35. The average molecular weight is 273 g/mol. The Bertz CT molecular complexity index is 653. The monoisotopic (exact) mass is 273 g/mol. The van der Waals surface area contributed by atoms with Crippen LogP contribution in [0.5, 0.6) is 0 Å². The third-order valence-corrected chi connectivity index (χ3v) is 4.05. The second-order valence-electron chi connectivity index (χ2n) is 5.55. The lowest BCUT2D eigenvalue weighted by Gasteiger charge is -2.42. The molecule has 0 radical (unpaired) electrons. The number of rotatable bonds is 0. The Balaban J connectivity index is 2.12. The van der Waals surface area contributed by atoms with Crippen LogP contribution >= 0.6 is 0 Å². The van der Waals surface area contributed by atoms with Crippen LogP contribution in [-0.4, -0.2) is 31.4 Å². The fourth-order valence-electron chi connectivity index (χ4n) is 3.07. The lowest BCUT2D eigenvalue weighted by molar-refractivity contribution is -0.818. The van der Waals surface area contributed by atoms with Gasteiger partial charge < -0.3 is 10.0 Å². The first-order valence-electron chi connectivity index (χ1n) is 6.46. The normalized spacial score (nSPS) is 28.9. The van der Waals surface area contributed by atoms with Gasteiger partial charge in [-0.25, -0.2) is 9.79 Å². The molecule has 2 unspecified atom stereocenters. The van der Waals surface area contributed by atoms with E-state index < -0.39 is 23.3 Å². The summed E-state index contributed by atoms with van der Waals surface area (Å²) < 4.78 is 0. The molecule has 104 valence electrons. The number of carbonyl (C=O) groups excluding carboxylic acids is 2. The predicted molar refractivity (Wildman–Crippen MR) is 69.7 cm³/mol. The van der Waals surface area contributed by atoms with Crippen LogP contribution < -0.4 is 15.3 Å². The van der Waals surface area contributed by atoms with Crippen LogP contribution in [-0.2, 0) is 11.2 Å². The molecule has 2 heterocycles. The van der Waals surface area contributed by atoms with Crippen molar-refractivity contribution in [1.82, 2.24) is 5.32 Å². The van der Waals surface area contributed by atoms with Crippen LogP contribution in [0.2, 0.25) is 0 Å². The number of fused-ring (bicyclic) bond motifs is 1. The number of nitrogens with one attached hydrogen (secondary N) is 2. The number of urea groups is 1. The number of nitrogens with zero attached hydrogens (tertiary/aromatic N) is 1. The minimum Gasteiger partial charge on any atom is -0.861 e. The summed E-state index contributed by atoms with van der Waals surface area (Å²) in [6, 6.07) is 5.15. The molecule has 20 heavy (non-hydrogen) atoms. The SMILES string of the molecule is Cc1ccc2c(c1)CC1(C[NH+]2C)C(=O)NC(=O)N=C1[O-]. The molecular formula is C14H15N3O3. The Morgan fingerprint density at radius 2 is 2.15 bits per heavy atom. The summed E-state index contributed by atoms with van der Waals surface area (Å²) in [4.78, 5) is 27.8. The van der Waals surface area contributed by atoms with Crippen LogP contribution in [0.4, 0.5) is 10.5 Å². The number of benzene rings is 1. The maximum absolute atomic E-state index is 12.2. The van der Waals surface area contributed by atoms with Crippen molar-refractivity contribution in [2.24, 2.45) is 10.4 Å². The van der Waals surface area contributed by atoms with Crippen molar-refractivity contribution in [3.63, 3.8) is 0 Å². The molecule has 2 aliphatic rings. The number of hydrogen-bond acceptors (Lipinski definition) is 3. The van der Waals surface area contributed by atoms with E-state index in [4.69, 9.17) is 0 Å². The number of aliphatic imine (C=N–C) groups is 1. The highest BCUT2D eigenvalue weighted by Crippen LogP contribution is 2.31. The van der Waals surface area contributed by atoms with E-state index in [0.29, 0.717) is 13.0 Å². The van der Waals surface area contributed by atoms with Gasteiger partial charge in [-0.1, -0.05) is 17.7 Å². The number of carbonyl (C=O) groups is 2. The first-order chi connectivity index (χ1) is 9.42. The molecule has 2 aliphatic heterocycles. The molecule has 0 aliphatic carbocycles. The molecule has 0 saturated carbocycles. The predicted octanol–water partition coefficient (Wildman–Crippen LogP) is -1.31. The number of aryl methyl sites for hydroxylation is 1. The topological polar surface area (TPSA) is 86.0 Å². The van der Waals surface area contributed by atoms with Crippen LogP contribution in [0, 0.1) is 12.3 Å². The Morgan fingerprint density at radius 1 is 1.40 bits per heavy atom. The van der Waals surface area contributed by atoms with E-state index in [0.717, 1.165) is 21.7 Å². The first kappa shape index (κ1) is 12.8. The molecule has 1 aromatic rings. The van der Waals surface area contributed by atoms with Crippen molar-refractivity contribution in [2.75, 3.05) is 13.6 Å². The quantitative estimate of drug-likeness (QED) is 0.615. The van der Waals surface area contributed by atoms with Gasteiger partial charge in [0, 0.05) is 12.0 Å². The largest absolute Gasteiger partial charge is 0.861 e. The number of amides is 3. The highest BCUT2D eigenvalue weighted by Gasteiger charge is 2.49. The lowest BCUT2D eigenvalue weighted by atomic mass is 9.75. The molecule has 0 aromatic heterocycles. The third kappa shape index (κ3) is 1.72. The zero-order valence-electron chi connectivity index (χ0n) is 11.3. The van der Waals surface area contributed by atoms with Gasteiger partial charge >= 0.3 is 6.03 Å². The first-order valence-corrected chi connectivity index (χ1v) is 6.46. The van der Waals surface area contributed by atoms with E-state index in [1.54, 1.807) is 0 Å². The number of hydrogen-bond donors (Lipinski definition) is 2. The van der Waals surface area contributed by atoms with E-state index in [1.165, 1.54) is 0 Å². The summed E-state index contributed by atoms with van der Waals surface area (Å²) in [5.41, 5.74) is 1.87. The van der Waals surface area contributed by atoms with Crippen LogP contribution in [0.1, 0.15) is 11.1 Å². The lowest BCUT2D eigenvalue weighted by Crippen LogP contribution is -3.08. The van der Waals surface area contributed by atoms with Crippen LogP contribution in [0.25, 0.3) is 0 Å². The maximum atomic E-state index is 12.2. The van der Waals surface area contributed by atoms with Gasteiger partial charge in [0.25, 0.3) is 0 Å². The summed E-state index contributed by atoms with van der Waals surface area (Å²) in [6.07, 6.45) is 0.294. The molecular weight excluding hydrogens is 258 g/mol. The summed E-state index contributed by atoms with van der Waals surface area (Å²) in [5.74, 6) is -1.16. The van der Waals surface area contributed by atoms with Crippen molar-refractivity contribution < 1.29 is 19.6 Å². The van der Waals surface area contributed by atoms with Crippen molar-refractivity contribution >= 4 is 23.5 Å². The molecule has 2 N–H and O–H groups in total. The summed E-state index contributed by atoms with van der Waals surface area (Å²) >= 11 is 0. The smallest absolute Gasteiger partial charge is 0.346 e. The van der Waals surface area contributed by atoms with Crippen molar-refractivity contribution in [3.05, 3.63) is 29.3 Å². The maximum Gasteiger partial charge on any atom is 0.346 e. The van der Waals surface area contributed by atoms with Gasteiger partial charge in [-0.3, -0.25) is 10.1 Å². The van der Waals surface area contributed by atoms with E-state index in [2.05, 4.69) is 10.3 Å². The molecule has 6 nitrogen and oxygen atoms in total. The standard InChI is InChI=1S/C14H15N3O3/c1-8-3-4-10-9(5-8)6-14(7-17(10)2)11(18)15-13(20)16-12(14)19/h3-5H,6-7H2,1-2H3,(H2,15,16,18,19,20). The molecule has 6 heteroatoms. The third-order valence-electron chi connectivity index (χ3n) is 4.05. The molecule has 1 spiro atoms. The van der Waals surface area contributed by atoms with Crippen molar-refractivity contribution in [3.8, 4) is 0 Å². The fraction of sp³-hybridized carbons (Fsp3) is 0.357. The second kappa shape index (κ2) is 4.14. The van der Waals surface area contributed by atoms with Gasteiger partial charge in [-0.05, 0) is 18.9 Å². The van der Waals surface area contributed by atoms with Gasteiger partial charge in [0.05, 0.1) is 7.05 Å². The van der Waals surface area contributed by atoms with Gasteiger partial charge in [-0.15, -0.1) is 0 Å². The number of quaternary nitrogens is 1. The Morgan fingerprint density at radius 3 is 2.85 bits per heavy atom. The minimum absolute atomic E-state index is 0.294. The zero-order valence-corrected chi connectivity index (χ0v) is 11.3. The Kier molecular flexibility index (Phi) is 2.65.